The van der Waals surface area contributed by atoms with E-state index in [0.717, 1.165) is 12.1 Å². The summed E-state index contributed by atoms with van der Waals surface area (Å²) in [5, 5.41) is 9.88. The molecule has 0 bridgehead atoms. The van der Waals surface area contributed by atoms with Crippen LogP contribution in [-0.4, -0.2) is 11.1 Å². The zero-order valence-electron chi connectivity index (χ0n) is 10.4. The van der Waals surface area contributed by atoms with Gasteiger partial charge in [0.2, 0.25) is 0 Å². The molecule has 0 aliphatic carbocycles. The van der Waals surface area contributed by atoms with Crippen LogP contribution in [0.25, 0.3) is 0 Å². The third-order valence-electron chi connectivity index (χ3n) is 2.91. The fourth-order valence-electron chi connectivity index (χ4n) is 1.49. The normalized spacial score (nSPS) is 15.7. The Balaban J connectivity index is 2.80. The van der Waals surface area contributed by atoms with Crippen molar-refractivity contribution in [3.8, 4) is 0 Å². The van der Waals surface area contributed by atoms with Gasteiger partial charge in [0.05, 0.1) is 6.10 Å². The van der Waals surface area contributed by atoms with E-state index < -0.39 is 17.7 Å². The molecule has 0 unspecified atom stereocenters. The third-order valence-corrected chi connectivity index (χ3v) is 2.91. The molecule has 1 rings (SSSR count). The zero-order valence-corrected chi connectivity index (χ0v) is 10.4. The standard InChI is InChI=1S/C13H19F2NO/c1-13(2,3)12(16)7-11(17)9-5-4-8(14)6-10(9)15/h4-6,11-12,17H,7,16H2,1-3H3/t11-,12-/m0/s1. The van der Waals surface area contributed by atoms with Gasteiger partial charge >= 0.3 is 0 Å². The first kappa shape index (κ1) is 14.1. The van der Waals surface area contributed by atoms with Gasteiger partial charge in [-0.3, -0.25) is 0 Å². The fourth-order valence-corrected chi connectivity index (χ4v) is 1.49. The molecule has 3 N–H and O–H groups in total. The van der Waals surface area contributed by atoms with Gasteiger partial charge in [-0.25, -0.2) is 8.78 Å². The van der Waals surface area contributed by atoms with Crippen LogP contribution in [0.3, 0.4) is 0 Å². The Morgan fingerprint density at radius 2 is 1.88 bits per heavy atom. The average Bonchev–Trinajstić information content (AvgIpc) is 2.15. The molecule has 96 valence electrons. The summed E-state index contributed by atoms with van der Waals surface area (Å²) >= 11 is 0. The number of nitrogens with two attached hydrogens (primary N) is 1. The molecule has 0 heterocycles. The molecule has 1 aromatic carbocycles. The van der Waals surface area contributed by atoms with E-state index in [0.29, 0.717) is 0 Å². The highest BCUT2D eigenvalue weighted by Crippen LogP contribution is 2.28. The number of rotatable bonds is 3. The van der Waals surface area contributed by atoms with Gasteiger partial charge < -0.3 is 10.8 Å². The van der Waals surface area contributed by atoms with E-state index in [1.165, 1.54) is 6.07 Å². The van der Waals surface area contributed by atoms with E-state index in [1.54, 1.807) is 0 Å². The van der Waals surface area contributed by atoms with Crippen molar-refractivity contribution in [1.82, 2.24) is 0 Å². The summed E-state index contributed by atoms with van der Waals surface area (Å²) in [6.07, 6.45) is -0.767. The van der Waals surface area contributed by atoms with Gasteiger partial charge in [0.15, 0.2) is 0 Å². The molecular formula is C13H19F2NO. The molecule has 17 heavy (non-hydrogen) atoms. The molecule has 0 radical (unpaired) electrons. The lowest BCUT2D eigenvalue weighted by atomic mass is 9.83. The molecule has 2 atom stereocenters. The molecule has 0 spiro atoms. The van der Waals surface area contributed by atoms with Crippen LogP contribution in [-0.2, 0) is 0 Å². The quantitative estimate of drug-likeness (QED) is 0.857. The molecule has 0 fully saturated rings. The average molecular weight is 243 g/mol. The minimum Gasteiger partial charge on any atom is -0.388 e. The van der Waals surface area contributed by atoms with E-state index in [1.807, 2.05) is 20.8 Å². The second kappa shape index (κ2) is 5.10. The van der Waals surface area contributed by atoms with Crippen molar-refractivity contribution in [2.45, 2.75) is 39.3 Å². The van der Waals surface area contributed by atoms with Crippen molar-refractivity contribution in [2.75, 3.05) is 0 Å². The van der Waals surface area contributed by atoms with E-state index in [2.05, 4.69) is 0 Å². The maximum absolute atomic E-state index is 13.4. The number of aliphatic hydroxyl groups excluding tert-OH is 1. The van der Waals surface area contributed by atoms with Gasteiger partial charge in [-0.2, -0.15) is 0 Å². The Morgan fingerprint density at radius 3 is 2.35 bits per heavy atom. The van der Waals surface area contributed by atoms with Crippen molar-refractivity contribution in [2.24, 2.45) is 11.1 Å². The van der Waals surface area contributed by atoms with Crippen molar-refractivity contribution in [3.63, 3.8) is 0 Å². The second-order valence-corrected chi connectivity index (χ2v) is 5.39. The number of aliphatic hydroxyl groups is 1. The van der Waals surface area contributed by atoms with Crippen molar-refractivity contribution >= 4 is 0 Å². The van der Waals surface area contributed by atoms with Crippen LogP contribution in [0.15, 0.2) is 18.2 Å². The Labute approximate surface area is 100 Å². The lowest BCUT2D eigenvalue weighted by Crippen LogP contribution is -2.36. The molecular weight excluding hydrogens is 224 g/mol. The monoisotopic (exact) mass is 243 g/mol. The number of benzene rings is 1. The van der Waals surface area contributed by atoms with Gasteiger partial charge in [0.1, 0.15) is 11.6 Å². The van der Waals surface area contributed by atoms with Crippen molar-refractivity contribution in [3.05, 3.63) is 35.4 Å². The van der Waals surface area contributed by atoms with E-state index >= 15 is 0 Å². The van der Waals surface area contributed by atoms with E-state index in [-0.39, 0.29) is 23.4 Å². The van der Waals surface area contributed by atoms with Crippen LogP contribution in [0.4, 0.5) is 8.78 Å². The van der Waals surface area contributed by atoms with E-state index in [4.69, 9.17) is 5.73 Å². The molecule has 0 saturated carbocycles. The number of hydrogen-bond donors (Lipinski definition) is 2. The highest BCUT2D eigenvalue weighted by molar-refractivity contribution is 5.21. The number of hydrogen-bond acceptors (Lipinski definition) is 2. The lowest BCUT2D eigenvalue weighted by Gasteiger charge is -2.29. The van der Waals surface area contributed by atoms with Gasteiger partial charge in [-0.05, 0) is 17.9 Å². The zero-order chi connectivity index (χ0) is 13.2. The van der Waals surface area contributed by atoms with Crippen molar-refractivity contribution < 1.29 is 13.9 Å². The highest BCUT2D eigenvalue weighted by Gasteiger charge is 2.25. The minimum absolute atomic E-state index is 0.0890. The summed E-state index contributed by atoms with van der Waals surface area (Å²) in [5.41, 5.74) is 5.83. The molecule has 0 amide bonds. The molecule has 0 saturated heterocycles. The molecule has 2 nitrogen and oxygen atoms in total. The summed E-state index contributed by atoms with van der Waals surface area (Å²) < 4.78 is 26.1. The number of halogens is 2. The highest BCUT2D eigenvalue weighted by atomic mass is 19.1. The predicted octanol–water partition coefficient (Wildman–Crippen LogP) is 2.76. The first-order valence-electron chi connectivity index (χ1n) is 5.60. The Morgan fingerprint density at radius 1 is 1.29 bits per heavy atom. The third kappa shape index (κ3) is 3.75. The molecule has 0 aromatic heterocycles. The topological polar surface area (TPSA) is 46.2 Å². The summed E-state index contributed by atoms with van der Waals surface area (Å²) in [5.74, 6) is -1.39. The van der Waals surface area contributed by atoms with E-state index in [9.17, 15) is 13.9 Å². The molecule has 1 aromatic rings. The van der Waals surface area contributed by atoms with Gasteiger partial charge in [-0.1, -0.05) is 26.8 Å². The first-order chi connectivity index (χ1) is 7.71. The summed E-state index contributed by atoms with van der Waals surface area (Å²) in [6.45, 7) is 5.85. The minimum atomic E-state index is -1.01. The Hall–Kier alpha value is -1.00. The summed E-state index contributed by atoms with van der Waals surface area (Å²) in [7, 11) is 0. The van der Waals surface area contributed by atoms with Gasteiger partial charge in [0, 0.05) is 17.7 Å². The van der Waals surface area contributed by atoms with Crippen LogP contribution < -0.4 is 5.73 Å². The lowest BCUT2D eigenvalue weighted by molar-refractivity contribution is 0.130. The van der Waals surface area contributed by atoms with Crippen LogP contribution in [0.1, 0.15) is 38.9 Å². The fraction of sp³-hybridized carbons (Fsp3) is 0.538. The maximum atomic E-state index is 13.4. The SMILES string of the molecule is CC(C)(C)[C@@H](N)C[C@H](O)c1ccc(F)cc1F. The summed E-state index contributed by atoms with van der Waals surface area (Å²) in [4.78, 5) is 0. The smallest absolute Gasteiger partial charge is 0.131 e. The van der Waals surface area contributed by atoms with Gasteiger partial charge in [-0.15, -0.1) is 0 Å². The maximum Gasteiger partial charge on any atom is 0.131 e. The molecule has 4 heteroatoms. The molecule has 0 aliphatic rings. The first-order valence-corrected chi connectivity index (χ1v) is 5.60. The second-order valence-electron chi connectivity index (χ2n) is 5.39. The van der Waals surface area contributed by atoms with Crippen LogP contribution in [0.2, 0.25) is 0 Å². The Kier molecular flexibility index (Phi) is 4.22. The van der Waals surface area contributed by atoms with Crippen LogP contribution in [0.5, 0.6) is 0 Å². The largest absolute Gasteiger partial charge is 0.388 e. The Bertz CT molecular complexity index is 387. The summed E-state index contributed by atoms with van der Waals surface area (Å²) in [6, 6.07) is 2.89. The van der Waals surface area contributed by atoms with Gasteiger partial charge in [0.25, 0.3) is 0 Å². The predicted molar refractivity (Wildman–Crippen MR) is 63.4 cm³/mol. The van der Waals surface area contributed by atoms with Crippen molar-refractivity contribution in [1.29, 1.82) is 0 Å². The molecule has 0 aliphatic heterocycles. The van der Waals surface area contributed by atoms with Crippen LogP contribution >= 0.6 is 0 Å². The van der Waals surface area contributed by atoms with Crippen LogP contribution in [0, 0.1) is 17.0 Å².